The van der Waals surface area contributed by atoms with Gasteiger partial charge in [-0.15, -0.1) is 0 Å². The van der Waals surface area contributed by atoms with Crippen molar-refractivity contribution in [3.8, 4) is 0 Å². The molecule has 0 amide bonds. The Labute approximate surface area is 124 Å². The third kappa shape index (κ3) is 2.96. The Morgan fingerprint density at radius 3 is 1.95 bits per heavy atom. The van der Waals surface area contributed by atoms with Crippen molar-refractivity contribution in [3.05, 3.63) is 34.9 Å². The number of esters is 2. The van der Waals surface area contributed by atoms with Gasteiger partial charge < -0.3 is 9.47 Å². The zero-order valence-electron chi connectivity index (χ0n) is 11.9. The minimum absolute atomic E-state index is 0.185. The van der Waals surface area contributed by atoms with E-state index in [-0.39, 0.29) is 19.6 Å². The lowest BCUT2D eigenvalue weighted by Gasteiger charge is -2.29. The summed E-state index contributed by atoms with van der Waals surface area (Å²) in [6.45, 7) is 5.48. The van der Waals surface area contributed by atoms with E-state index in [0.717, 1.165) is 0 Å². The number of halogens is 1. The number of carbonyl (C=O) groups excluding carboxylic acids is 2. The normalized spacial score (nSPS) is 11.0. The number of ether oxygens (including phenoxy) is 2. The minimum Gasteiger partial charge on any atom is -0.465 e. The predicted molar refractivity (Wildman–Crippen MR) is 76.7 cm³/mol. The summed E-state index contributed by atoms with van der Waals surface area (Å²) in [6.07, 6.45) is 0.217. The molecule has 0 aliphatic carbocycles. The Balaban J connectivity index is 3.42. The van der Waals surface area contributed by atoms with Crippen molar-refractivity contribution in [2.75, 3.05) is 13.2 Å². The molecule has 0 spiro atoms. The number of benzene rings is 1. The van der Waals surface area contributed by atoms with Gasteiger partial charge in [0.05, 0.1) is 13.2 Å². The molecule has 1 rings (SSSR count). The molecule has 5 heteroatoms. The van der Waals surface area contributed by atoms with Crippen molar-refractivity contribution in [1.29, 1.82) is 0 Å². The molecule has 0 N–H and O–H groups in total. The van der Waals surface area contributed by atoms with Crippen molar-refractivity contribution >= 4 is 23.5 Å². The maximum absolute atomic E-state index is 12.4. The summed E-state index contributed by atoms with van der Waals surface area (Å²) in [5.41, 5.74) is -1.09. The number of hydrogen-bond acceptors (Lipinski definition) is 4. The van der Waals surface area contributed by atoms with Gasteiger partial charge in [-0.05, 0) is 31.9 Å². The molecule has 0 heterocycles. The Morgan fingerprint density at radius 2 is 1.55 bits per heavy atom. The third-order valence-electron chi connectivity index (χ3n) is 3.11. The summed E-state index contributed by atoms with van der Waals surface area (Å²) < 4.78 is 10.2. The summed E-state index contributed by atoms with van der Waals surface area (Å²) in [5.74, 6) is -1.26. The second kappa shape index (κ2) is 7.29. The lowest BCUT2D eigenvalue weighted by atomic mass is 9.78. The fourth-order valence-electron chi connectivity index (χ4n) is 2.10. The quantitative estimate of drug-likeness (QED) is 0.598. The number of rotatable bonds is 6. The molecule has 0 unspecified atom stereocenters. The van der Waals surface area contributed by atoms with Crippen LogP contribution in [-0.2, 0) is 24.5 Å². The summed E-state index contributed by atoms with van der Waals surface area (Å²) >= 11 is 6.16. The van der Waals surface area contributed by atoms with Crippen LogP contribution in [0.1, 0.15) is 32.8 Å². The van der Waals surface area contributed by atoms with E-state index < -0.39 is 17.4 Å². The van der Waals surface area contributed by atoms with E-state index in [0.29, 0.717) is 10.6 Å². The largest absolute Gasteiger partial charge is 0.465 e. The molecule has 110 valence electrons. The number of carbonyl (C=O) groups is 2. The standard InChI is InChI=1S/C15H19ClO4/c1-4-15(13(17)19-5-2,14(18)20-6-3)11-9-7-8-10-12(11)16/h7-10H,4-6H2,1-3H3. The maximum Gasteiger partial charge on any atom is 0.328 e. The van der Waals surface area contributed by atoms with Gasteiger partial charge in [0.1, 0.15) is 0 Å². The molecule has 0 fully saturated rings. The van der Waals surface area contributed by atoms with E-state index in [2.05, 4.69) is 0 Å². The van der Waals surface area contributed by atoms with Crippen LogP contribution in [0.15, 0.2) is 24.3 Å². The molecule has 0 saturated heterocycles. The third-order valence-corrected chi connectivity index (χ3v) is 3.44. The van der Waals surface area contributed by atoms with Gasteiger partial charge in [-0.2, -0.15) is 0 Å². The highest BCUT2D eigenvalue weighted by atomic mass is 35.5. The second-order valence-electron chi connectivity index (χ2n) is 4.18. The lowest BCUT2D eigenvalue weighted by Crippen LogP contribution is -2.46. The lowest BCUT2D eigenvalue weighted by molar-refractivity contribution is -0.165. The van der Waals surface area contributed by atoms with Crippen molar-refractivity contribution in [1.82, 2.24) is 0 Å². The van der Waals surface area contributed by atoms with Gasteiger partial charge in [-0.3, -0.25) is 9.59 Å². The Kier molecular flexibility index (Phi) is 6.02. The van der Waals surface area contributed by atoms with Crippen LogP contribution >= 0.6 is 11.6 Å². The molecule has 0 aliphatic heterocycles. The molecule has 0 bridgehead atoms. The molecule has 0 radical (unpaired) electrons. The van der Waals surface area contributed by atoms with Crippen LogP contribution in [0.5, 0.6) is 0 Å². The molecule has 0 atom stereocenters. The van der Waals surface area contributed by atoms with E-state index in [1.54, 1.807) is 45.0 Å². The average molecular weight is 299 g/mol. The Bertz CT molecular complexity index is 467. The van der Waals surface area contributed by atoms with Gasteiger partial charge in [-0.1, -0.05) is 36.7 Å². The molecule has 20 heavy (non-hydrogen) atoms. The van der Waals surface area contributed by atoms with Crippen LogP contribution in [0.3, 0.4) is 0 Å². The molecule has 0 saturated carbocycles. The Hall–Kier alpha value is -1.55. The maximum atomic E-state index is 12.4. The van der Waals surface area contributed by atoms with Crippen LogP contribution in [0.2, 0.25) is 5.02 Å². The zero-order chi connectivity index (χ0) is 15.2. The Morgan fingerprint density at radius 1 is 1.05 bits per heavy atom. The van der Waals surface area contributed by atoms with E-state index >= 15 is 0 Å². The summed E-state index contributed by atoms with van der Waals surface area (Å²) in [7, 11) is 0. The van der Waals surface area contributed by atoms with Gasteiger partial charge in [0.2, 0.25) is 0 Å². The second-order valence-corrected chi connectivity index (χ2v) is 4.59. The van der Waals surface area contributed by atoms with Gasteiger partial charge in [0.25, 0.3) is 0 Å². The first kappa shape index (κ1) is 16.5. The van der Waals surface area contributed by atoms with Crippen LogP contribution < -0.4 is 0 Å². The van der Waals surface area contributed by atoms with Crippen LogP contribution in [0, 0.1) is 0 Å². The van der Waals surface area contributed by atoms with Crippen molar-refractivity contribution < 1.29 is 19.1 Å². The molecule has 0 aliphatic rings. The van der Waals surface area contributed by atoms with Crippen LogP contribution in [-0.4, -0.2) is 25.2 Å². The minimum atomic E-state index is -1.51. The SMILES string of the molecule is CCOC(=O)C(CC)(C(=O)OCC)c1ccccc1Cl. The highest BCUT2D eigenvalue weighted by Gasteiger charge is 2.50. The van der Waals surface area contributed by atoms with E-state index in [1.807, 2.05) is 0 Å². The predicted octanol–water partition coefficient (Wildman–Crippen LogP) is 3.11. The highest BCUT2D eigenvalue weighted by molar-refractivity contribution is 6.32. The first-order valence-electron chi connectivity index (χ1n) is 6.64. The summed E-state index contributed by atoms with van der Waals surface area (Å²) in [5, 5.41) is 0.343. The first-order valence-corrected chi connectivity index (χ1v) is 7.01. The van der Waals surface area contributed by atoms with Gasteiger partial charge in [-0.25, -0.2) is 0 Å². The van der Waals surface area contributed by atoms with Crippen LogP contribution in [0.25, 0.3) is 0 Å². The summed E-state index contributed by atoms with van der Waals surface area (Å²) in [6, 6.07) is 6.76. The van der Waals surface area contributed by atoms with Crippen molar-refractivity contribution in [2.24, 2.45) is 0 Å². The first-order chi connectivity index (χ1) is 9.54. The molecule has 4 nitrogen and oxygen atoms in total. The zero-order valence-corrected chi connectivity index (χ0v) is 12.7. The van der Waals surface area contributed by atoms with E-state index in [9.17, 15) is 9.59 Å². The topological polar surface area (TPSA) is 52.6 Å². The van der Waals surface area contributed by atoms with E-state index in [4.69, 9.17) is 21.1 Å². The van der Waals surface area contributed by atoms with Gasteiger partial charge in [0, 0.05) is 5.02 Å². The fraction of sp³-hybridized carbons (Fsp3) is 0.467. The molecule has 1 aromatic carbocycles. The highest BCUT2D eigenvalue weighted by Crippen LogP contribution is 2.36. The van der Waals surface area contributed by atoms with Crippen molar-refractivity contribution in [2.45, 2.75) is 32.6 Å². The monoisotopic (exact) mass is 298 g/mol. The average Bonchev–Trinajstić information content (AvgIpc) is 2.43. The number of hydrogen-bond donors (Lipinski definition) is 0. The molecular formula is C15H19ClO4. The smallest absolute Gasteiger partial charge is 0.328 e. The van der Waals surface area contributed by atoms with Crippen LogP contribution in [0.4, 0.5) is 0 Å². The van der Waals surface area contributed by atoms with Crippen molar-refractivity contribution in [3.63, 3.8) is 0 Å². The molecule has 1 aromatic rings. The van der Waals surface area contributed by atoms with E-state index in [1.165, 1.54) is 0 Å². The molecular weight excluding hydrogens is 280 g/mol. The van der Waals surface area contributed by atoms with Gasteiger partial charge >= 0.3 is 11.9 Å². The summed E-state index contributed by atoms with van der Waals surface area (Å²) in [4.78, 5) is 24.8. The fourth-order valence-corrected chi connectivity index (χ4v) is 2.40. The molecule has 0 aromatic heterocycles. The van der Waals surface area contributed by atoms with Gasteiger partial charge in [0.15, 0.2) is 5.41 Å².